The van der Waals surface area contributed by atoms with Crippen molar-refractivity contribution < 1.29 is 14.3 Å². The van der Waals surface area contributed by atoms with E-state index < -0.39 is 18.5 Å². The van der Waals surface area contributed by atoms with Gasteiger partial charge < -0.3 is 10.1 Å². The molecule has 2 heterocycles. The number of nitrogens with one attached hydrogen (secondary N) is 1. The van der Waals surface area contributed by atoms with E-state index in [4.69, 9.17) is 4.74 Å². The van der Waals surface area contributed by atoms with Crippen LogP contribution in [0.1, 0.15) is 27.4 Å². The number of amides is 1. The molecule has 0 aliphatic heterocycles. The number of aryl methyl sites for hydroxylation is 2. The molecule has 2 aromatic carbocycles. The molecule has 0 bridgehead atoms. The maximum Gasteiger partial charge on any atom is 0.358 e. The number of aromatic nitrogens is 3. The summed E-state index contributed by atoms with van der Waals surface area (Å²) in [5.41, 5.74) is 5.22. The number of ether oxygens (including phenoxy) is 1. The highest BCUT2D eigenvalue weighted by Crippen LogP contribution is 2.25. The monoisotopic (exact) mass is 446 g/mol. The number of carbonyl (C=O) groups is 2. The number of benzene rings is 2. The number of hydrogen-bond donors (Lipinski definition) is 1. The minimum absolute atomic E-state index is 0.183. The summed E-state index contributed by atoms with van der Waals surface area (Å²) >= 11 is 1.35. The van der Waals surface area contributed by atoms with Gasteiger partial charge in [-0.25, -0.2) is 14.5 Å². The summed E-state index contributed by atoms with van der Waals surface area (Å²) in [5.74, 6) is -1.07. The lowest BCUT2D eigenvalue weighted by molar-refractivity contribution is -0.119. The van der Waals surface area contributed by atoms with Gasteiger partial charge in [0, 0.05) is 10.9 Å². The third kappa shape index (κ3) is 4.60. The van der Waals surface area contributed by atoms with Gasteiger partial charge in [-0.2, -0.15) is 5.10 Å². The maximum absolute atomic E-state index is 12.4. The van der Waals surface area contributed by atoms with Gasteiger partial charge in [0.25, 0.3) is 5.91 Å². The smallest absolute Gasteiger partial charge is 0.358 e. The molecule has 32 heavy (non-hydrogen) atoms. The van der Waals surface area contributed by atoms with Gasteiger partial charge in [-0.05, 0) is 32.9 Å². The van der Waals surface area contributed by atoms with Gasteiger partial charge in [-0.15, -0.1) is 11.3 Å². The van der Waals surface area contributed by atoms with Gasteiger partial charge in [-0.3, -0.25) is 4.79 Å². The molecule has 2 aromatic heterocycles. The Kier molecular flexibility index (Phi) is 6.13. The summed E-state index contributed by atoms with van der Waals surface area (Å²) in [4.78, 5) is 29.1. The van der Waals surface area contributed by atoms with Gasteiger partial charge in [-0.1, -0.05) is 48.0 Å². The minimum Gasteiger partial charge on any atom is -0.451 e. The van der Waals surface area contributed by atoms with E-state index in [2.05, 4.69) is 15.4 Å². The fourth-order valence-electron chi connectivity index (χ4n) is 3.22. The van der Waals surface area contributed by atoms with E-state index in [1.807, 2.05) is 75.4 Å². The van der Waals surface area contributed by atoms with E-state index in [0.29, 0.717) is 11.4 Å². The van der Waals surface area contributed by atoms with Crippen LogP contribution < -0.4 is 5.32 Å². The molecule has 1 N–H and O–H groups in total. The number of hydrogen-bond acceptors (Lipinski definition) is 6. The predicted molar refractivity (Wildman–Crippen MR) is 124 cm³/mol. The number of thiazole rings is 1. The topological polar surface area (TPSA) is 86.1 Å². The molecule has 4 rings (SSSR count). The third-order valence-electron chi connectivity index (χ3n) is 4.90. The van der Waals surface area contributed by atoms with Crippen molar-refractivity contribution in [1.82, 2.24) is 14.8 Å². The average Bonchev–Trinajstić information content (AvgIpc) is 3.40. The van der Waals surface area contributed by atoms with Crippen molar-refractivity contribution in [1.29, 1.82) is 0 Å². The maximum atomic E-state index is 12.4. The van der Waals surface area contributed by atoms with Gasteiger partial charge in [0.1, 0.15) is 5.01 Å². The molecule has 0 saturated heterocycles. The summed E-state index contributed by atoms with van der Waals surface area (Å²) < 4.78 is 6.93. The standard InChI is InChI=1S/C24H22N4O3S/c1-15-9-11-18(12-10-15)23-25-20(14-32-23)24(30)31-13-21(29)26-22-16(2)27-28(17(22)3)19-7-5-4-6-8-19/h4-12,14H,13H2,1-3H3,(H,26,29). The van der Waals surface area contributed by atoms with Crippen LogP contribution in [0.2, 0.25) is 0 Å². The lowest BCUT2D eigenvalue weighted by Crippen LogP contribution is -2.21. The molecule has 0 atom stereocenters. The van der Waals surface area contributed by atoms with Crippen molar-refractivity contribution in [2.45, 2.75) is 20.8 Å². The zero-order valence-corrected chi connectivity index (χ0v) is 18.8. The summed E-state index contributed by atoms with van der Waals surface area (Å²) in [7, 11) is 0. The minimum atomic E-state index is -0.636. The van der Waals surface area contributed by atoms with E-state index in [1.54, 1.807) is 10.1 Å². The van der Waals surface area contributed by atoms with Crippen molar-refractivity contribution in [2.75, 3.05) is 11.9 Å². The molecule has 0 radical (unpaired) electrons. The first-order valence-corrected chi connectivity index (χ1v) is 10.9. The second-order valence-electron chi connectivity index (χ2n) is 7.32. The Balaban J connectivity index is 1.38. The molecule has 8 heteroatoms. The van der Waals surface area contributed by atoms with Gasteiger partial charge >= 0.3 is 5.97 Å². The molecule has 0 spiro atoms. The van der Waals surface area contributed by atoms with Gasteiger partial charge in [0.15, 0.2) is 12.3 Å². The zero-order chi connectivity index (χ0) is 22.7. The van der Waals surface area contributed by atoms with Gasteiger partial charge in [0.2, 0.25) is 0 Å². The third-order valence-corrected chi connectivity index (χ3v) is 5.79. The highest BCUT2D eigenvalue weighted by atomic mass is 32.1. The van der Waals surface area contributed by atoms with Gasteiger partial charge in [0.05, 0.1) is 22.8 Å². The van der Waals surface area contributed by atoms with Crippen molar-refractivity contribution >= 4 is 28.9 Å². The van der Waals surface area contributed by atoms with E-state index in [0.717, 1.165) is 27.5 Å². The van der Waals surface area contributed by atoms with E-state index in [9.17, 15) is 9.59 Å². The van der Waals surface area contributed by atoms with Crippen molar-refractivity contribution in [3.8, 4) is 16.3 Å². The van der Waals surface area contributed by atoms with Crippen LogP contribution in [-0.2, 0) is 9.53 Å². The molecule has 0 aliphatic rings. The van der Waals surface area contributed by atoms with Crippen LogP contribution in [0.25, 0.3) is 16.3 Å². The predicted octanol–water partition coefficient (Wildman–Crippen LogP) is 4.72. The summed E-state index contributed by atoms with van der Waals surface area (Å²) in [6, 6.07) is 17.5. The Morgan fingerprint density at radius 3 is 2.47 bits per heavy atom. The molecule has 4 aromatic rings. The fourth-order valence-corrected chi connectivity index (χ4v) is 4.02. The molecule has 0 aliphatic carbocycles. The first-order chi connectivity index (χ1) is 15.4. The van der Waals surface area contributed by atoms with Crippen LogP contribution in [0.15, 0.2) is 60.0 Å². The van der Waals surface area contributed by atoms with Crippen LogP contribution in [0.3, 0.4) is 0 Å². The van der Waals surface area contributed by atoms with Crippen LogP contribution in [0.4, 0.5) is 5.69 Å². The first kappa shape index (κ1) is 21.5. The Morgan fingerprint density at radius 2 is 1.75 bits per heavy atom. The highest BCUT2D eigenvalue weighted by molar-refractivity contribution is 7.13. The Hall–Kier alpha value is -3.78. The van der Waals surface area contributed by atoms with Crippen molar-refractivity contribution in [3.63, 3.8) is 0 Å². The lowest BCUT2D eigenvalue weighted by atomic mass is 10.2. The number of para-hydroxylation sites is 1. The fraction of sp³-hybridized carbons (Fsp3) is 0.167. The van der Waals surface area contributed by atoms with Crippen LogP contribution in [-0.4, -0.2) is 33.2 Å². The van der Waals surface area contributed by atoms with E-state index in [1.165, 1.54) is 11.3 Å². The second kappa shape index (κ2) is 9.15. The molecule has 162 valence electrons. The van der Waals surface area contributed by atoms with E-state index in [-0.39, 0.29) is 5.69 Å². The number of rotatable bonds is 6. The SMILES string of the molecule is Cc1ccc(-c2nc(C(=O)OCC(=O)Nc3c(C)nn(-c4ccccc4)c3C)cs2)cc1. The number of anilines is 1. The van der Waals surface area contributed by atoms with Crippen molar-refractivity contribution in [3.05, 3.63) is 82.6 Å². The molecule has 0 saturated carbocycles. The first-order valence-electron chi connectivity index (χ1n) is 10.0. The second-order valence-corrected chi connectivity index (χ2v) is 8.18. The molecule has 0 unspecified atom stereocenters. The Labute approximate surface area is 189 Å². The highest BCUT2D eigenvalue weighted by Gasteiger charge is 2.18. The summed E-state index contributed by atoms with van der Waals surface area (Å²) in [6.45, 7) is 5.28. The average molecular weight is 447 g/mol. The molecular formula is C24H22N4O3S. The van der Waals surface area contributed by atoms with Crippen LogP contribution >= 0.6 is 11.3 Å². The number of esters is 1. The van der Waals surface area contributed by atoms with E-state index >= 15 is 0 Å². The number of carbonyl (C=O) groups excluding carboxylic acids is 2. The van der Waals surface area contributed by atoms with Crippen molar-refractivity contribution in [2.24, 2.45) is 0 Å². The Morgan fingerprint density at radius 1 is 1.03 bits per heavy atom. The largest absolute Gasteiger partial charge is 0.451 e. The normalized spacial score (nSPS) is 10.7. The molecular weight excluding hydrogens is 424 g/mol. The number of nitrogens with zero attached hydrogens (tertiary/aromatic N) is 3. The summed E-state index contributed by atoms with van der Waals surface area (Å²) in [5, 5.41) is 9.65. The molecule has 7 nitrogen and oxygen atoms in total. The molecule has 1 amide bonds. The van der Waals surface area contributed by atoms with Crippen LogP contribution in [0, 0.1) is 20.8 Å². The zero-order valence-electron chi connectivity index (χ0n) is 18.0. The Bertz CT molecular complexity index is 1260. The summed E-state index contributed by atoms with van der Waals surface area (Å²) in [6.07, 6.45) is 0. The van der Waals surface area contributed by atoms with Crippen LogP contribution in [0.5, 0.6) is 0 Å². The quantitative estimate of drug-likeness (QED) is 0.433. The lowest BCUT2D eigenvalue weighted by Gasteiger charge is -2.07. The molecule has 0 fully saturated rings.